The molecule has 2 rings (SSSR count). The average Bonchev–Trinajstić information content (AvgIpc) is 2.38. The molecule has 1 aromatic carbocycles. The van der Waals surface area contributed by atoms with E-state index in [2.05, 4.69) is 0 Å². The molecule has 0 aliphatic heterocycles. The Morgan fingerprint density at radius 2 is 1.72 bits per heavy atom. The summed E-state index contributed by atoms with van der Waals surface area (Å²) in [6.45, 7) is 0.305. The molecule has 0 amide bonds. The van der Waals surface area contributed by atoms with E-state index in [1.807, 2.05) is 18.2 Å². The lowest BCUT2D eigenvalue weighted by Crippen LogP contribution is -2.18. The third-order valence-corrected chi connectivity index (χ3v) is 2.75. The lowest BCUT2D eigenvalue weighted by atomic mass is 9.99. The van der Waals surface area contributed by atoms with E-state index in [0.717, 1.165) is 5.56 Å². The Morgan fingerprint density at radius 3 is 2.28 bits per heavy atom. The zero-order valence-electron chi connectivity index (χ0n) is 9.69. The third kappa shape index (κ3) is 2.85. The maximum absolute atomic E-state index is 11.3. The van der Waals surface area contributed by atoms with Gasteiger partial charge in [0.15, 0.2) is 5.43 Å². The van der Waals surface area contributed by atoms with E-state index in [4.69, 9.17) is 0 Å². The summed E-state index contributed by atoms with van der Waals surface area (Å²) in [5, 5.41) is 9.27. The summed E-state index contributed by atoms with van der Waals surface area (Å²) in [6, 6.07) is 11.9. The molecule has 0 saturated heterocycles. The van der Waals surface area contributed by atoms with E-state index in [0.29, 0.717) is 6.54 Å². The highest BCUT2D eigenvalue weighted by Gasteiger charge is 2.19. The zero-order chi connectivity index (χ0) is 13.0. The van der Waals surface area contributed by atoms with Crippen molar-refractivity contribution in [3.8, 4) is 0 Å². The number of carbonyl (C=O) groups is 1. The number of carboxylic acid groups (broad SMARTS) is 1. The number of nitrogens with zero attached hydrogens (tertiary/aromatic N) is 1. The van der Waals surface area contributed by atoms with E-state index in [9.17, 15) is 14.7 Å². The Kier molecular flexibility index (Phi) is 3.57. The number of aliphatic carboxylic acids is 1. The lowest BCUT2D eigenvalue weighted by molar-refractivity contribution is -0.139. The number of hydrogen-bond acceptors (Lipinski definition) is 2. The molecule has 0 aliphatic rings. The molecule has 1 N–H and O–H groups in total. The number of carboxylic acids is 1. The van der Waals surface area contributed by atoms with Crippen molar-refractivity contribution in [2.75, 3.05) is 0 Å². The van der Waals surface area contributed by atoms with Crippen molar-refractivity contribution in [2.24, 2.45) is 0 Å². The minimum atomic E-state index is -0.875. The molecule has 1 aromatic heterocycles. The molecular weight excluding hydrogens is 230 g/mol. The summed E-state index contributed by atoms with van der Waals surface area (Å²) >= 11 is 0. The van der Waals surface area contributed by atoms with Crippen LogP contribution in [-0.4, -0.2) is 15.6 Å². The second-order valence-electron chi connectivity index (χ2n) is 4.03. The quantitative estimate of drug-likeness (QED) is 0.889. The van der Waals surface area contributed by atoms with Crippen molar-refractivity contribution in [1.82, 2.24) is 4.57 Å². The highest BCUT2D eigenvalue weighted by molar-refractivity contribution is 5.75. The highest BCUT2D eigenvalue weighted by atomic mass is 16.4. The normalized spacial score (nSPS) is 12.0. The summed E-state index contributed by atoms with van der Waals surface area (Å²) < 4.78 is 1.70. The van der Waals surface area contributed by atoms with Crippen LogP contribution in [0.5, 0.6) is 0 Å². The minimum absolute atomic E-state index is 0.0853. The third-order valence-electron chi connectivity index (χ3n) is 2.75. The molecule has 2 aromatic rings. The smallest absolute Gasteiger partial charge is 0.312 e. The van der Waals surface area contributed by atoms with Crippen LogP contribution in [-0.2, 0) is 11.3 Å². The van der Waals surface area contributed by atoms with Crippen LogP contribution in [0.1, 0.15) is 11.5 Å². The molecule has 1 atom stereocenters. The van der Waals surface area contributed by atoms with Gasteiger partial charge in [-0.1, -0.05) is 30.3 Å². The van der Waals surface area contributed by atoms with Gasteiger partial charge >= 0.3 is 5.97 Å². The van der Waals surface area contributed by atoms with E-state index < -0.39 is 11.9 Å². The van der Waals surface area contributed by atoms with Gasteiger partial charge in [-0.25, -0.2) is 0 Å². The monoisotopic (exact) mass is 243 g/mol. The molecule has 0 bridgehead atoms. The molecule has 0 fully saturated rings. The Morgan fingerprint density at radius 1 is 1.11 bits per heavy atom. The van der Waals surface area contributed by atoms with Crippen molar-refractivity contribution >= 4 is 5.97 Å². The van der Waals surface area contributed by atoms with Gasteiger partial charge in [0.25, 0.3) is 0 Å². The van der Waals surface area contributed by atoms with Gasteiger partial charge in [0.2, 0.25) is 0 Å². The molecule has 0 radical (unpaired) electrons. The fraction of sp³-hybridized carbons (Fsp3) is 0.143. The van der Waals surface area contributed by atoms with Crippen LogP contribution in [0.4, 0.5) is 0 Å². The van der Waals surface area contributed by atoms with Gasteiger partial charge in [-0.2, -0.15) is 0 Å². The van der Waals surface area contributed by atoms with E-state index >= 15 is 0 Å². The SMILES string of the molecule is O=C(O)C(Cn1ccc(=O)cc1)c1ccccc1. The topological polar surface area (TPSA) is 59.3 Å². The first-order chi connectivity index (χ1) is 8.66. The van der Waals surface area contributed by atoms with Gasteiger partial charge in [0, 0.05) is 31.1 Å². The molecule has 1 heterocycles. The van der Waals surface area contributed by atoms with Crippen LogP contribution in [0, 0.1) is 0 Å². The van der Waals surface area contributed by atoms with Crippen molar-refractivity contribution < 1.29 is 9.90 Å². The zero-order valence-corrected chi connectivity index (χ0v) is 9.69. The number of aromatic nitrogens is 1. The summed E-state index contributed by atoms with van der Waals surface area (Å²) in [6.07, 6.45) is 3.20. The number of hydrogen-bond donors (Lipinski definition) is 1. The lowest BCUT2D eigenvalue weighted by Gasteiger charge is -2.14. The van der Waals surface area contributed by atoms with Crippen LogP contribution < -0.4 is 5.43 Å². The van der Waals surface area contributed by atoms with E-state index in [-0.39, 0.29) is 5.43 Å². The Balaban J connectivity index is 2.25. The molecule has 0 aliphatic carbocycles. The molecule has 1 unspecified atom stereocenters. The maximum atomic E-state index is 11.3. The average molecular weight is 243 g/mol. The minimum Gasteiger partial charge on any atom is -0.481 e. The van der Waals surface area contributed by atoms with Crippen LogP contribution in [0.3, 0.4) is 0 Å². The standard InChI is InChI=1S/C14H13NO3/c16-12-6-8-15(9-7-12)10-13(14(17)18)11-4-2-1-3-5-11/h1-9,13H,10H2,(H,17,18). The second-order valence-corrected chi connectivity index (χ2v) is 4.03. The second kappa shape index (κ2) is 5.31. The largest absolute Gasteiger partial charge is 0.481 e. The van der Waals surface area contributed by atoms with E-state index in [1.165, 1.54) is 12.1 Å². The summed E-state index contributed by atoms with van der Waals surface area (Å²) in [4.78, 5) is 22.3. The predicted octanol–water partition coefficient (Wildman–Crippen LogP) is 1.72. The van der Waals surface area contributed by atoms with Crippen molar-refractivity contribution in [2.45, 2.75) is 12.5 Å². The first-order valence-electron chi connectivity index (χ1n) is 5.60. The Hall–Kier alpha value is -2.36. The molecule has 92 valence electrons. The van der Waals surface area contributed by atoms with Crippen molar-refractivity contribution in [1.29, 1.82) is 0 Å². The summed E-state index contributed by atoms with van der Waals surface area (Å²) in [7, 11) is 0. The van der Waals surface area contributed by atoms with Gasteiger partial charge < -0.3 is 9.67 Å². The maximum Gasteiger partial charge on any atom is 0.312 e. The number of rotatable bonds is 4. The summed E-state index contributed by atoms with van der Waals surface area (Å²) in [5.74, 6) is -1.49. The molecule has 0 spiro atoms. The van der Waals surface area contributed by atoms with Gasteiger partial charge in [-0.05, 0) is 5.56 Å². The number of benzene rings is 1. The van der Waals surface area contributed by atoms with Crippen molar-refractivity contribution in [3.63, 3.8) is 0 Å². The van der Waals surface area contributed by atoms with Gasteiger partial charge in [0.05, 0.1) is 5.92 Å². The first-order valence-corrected chi connectivity index (χ1v) is 5.60. The summed E-state index contributed by atoms with van der Waals surface area (Å²) in [5.41, 5.74) is 0.668. The molecule has 4 nitrogen and oxygen atoms in total. The Labute approximate surface area is 104 Å². The van der Waals surface area contributed by atoms with Crippen LogP contribution >= 0.6 is 0 Å². The molecular formula is C14H13NO3. The molecule has 0 saturated carbocycles. The first kappa shape index (κ1) is 12.1. The van der Waals surface area contributed by atoms with Crippen LogP contribution in [0.15, 0.2) is 59.7 Å². The highest BCUT2D eigenvalue weighted by Crippen LogP contribution is 2.17. The van der Waals surface area contributed by atoms with E-state index in [1.54, 1.807) is 29.1 Å². The van der Waals surface area contributed by atoms with Gasteiger partial charge in [0.1, 0.15) is 0 Å². The van der Waals surface area contributed by atoms with Gasteiger partial charge in [-0.15, -0.1) is 0 Å². The van der Waals surface area contributed by atoms with Gasteiger partial charge in [-0.3, -0.25) is 9.59 Å². The molecule has 4 heteroatoms. The predicted molar refractivity (Wildman–Crippen MR) is 67.5 cm³/mol. The Bertz CT molecular complexity index is 569. The number of pyridine rings is 1. The fourth-order valence-corrected chi connectivity index (χ4v) is 1.79. The fourth-order valence-electron chi connectivity index (χ4n) is 1.79. The molecule has 18 heavy (non-hydrogen) atoms. The van der Waals surface area contributed by atoms with Crippen LogP contribution in [0.2, 0.25) is 0 Å². The van der Waals surface area contributed by atoms with Crippen molar-refractivity contribution in [3.05, 3.63) is 70.6 Å². The van der Waals surface area contributed by atoms with Crippen LogP contribution in [0.25, 0.3) is 0 Å².